The van der Waals surface area contributed by atoms with E-state index in [2.05, 4.69) is 35.9 Å². The zero-order chi connectivity index (χ0) is 22.0. The molecule has 0 N–H and O–H groups in total. The van der Waals surface area contributed by atoms with Crippen molar-refractivity contribution >= 4 is 0 Å². The molecule has 1 aromatic carbocycles. The molecule has 31 heavy (non-hydrogen) atoms. The van der Waals surface area contributed by atoms with Crippen molar-refractivity contribution < 1.29 is 9.47 Å². The van der Waals surface area contributed by atoms with Gasteiger partial charge in [0.25, 0.3) is 0 Å². The van der Waals surface area contributed by atoms with Crippen molar-refractivity contribution in [3.63, 3.8) is 0 Å². The summed E-state index contributed by atoms with van der Waals surface area (Å²) in [6, 6.07) is 8.65. The fourth-order valence-electron chi connectivity index (χ4n) is 3.58. The lowest BCUT2D eigenvalue weighted by molar-refractivity contribution is 0.281. The van der Waals surface area contributed by atoms with Gasteiger partial charge in [-0.1, -0.05) is 96.6 Å². The average Bonchev–Trinajstić information content (AvgIpc) is 2.81. The molecule has 0 saturated heterocycles. The maximum Gasteiger partial charge on any atom is 0.316 e. The molecular weight excluding hydrogens is 384 g/mol. The van der Waals surface area contributed by atoms with E-state index in [-0.39, 0.29) is 0 Å². The molecule has 172 valence electrons. The van der Waals surface area contributed by atoms with E-state index in [1.54, 1.807) is 0 Å². The zero-order valence-electron chi connectivity index (χ0n) is 19.8. The van der Waals surface area contributed by atoms with Crippen LogP contribution in [0.5, 0.6) is 11.8 Å². The van der Waals surface area contributed by atoms with Gasteiger partial charge in [-0.25, -0.2) is 9.97 Å². The topological polar surface area (TPSA) is 44.2 Å². The van der Waals surface area contributed by atoms with Crippen LogP contribution in [-0.2, 0) is 0 Å². The summed E-state index contributed by atoms with van der Waals surface area (Å²) in [7, 11) is 0. The lowest BCUT2D eigenvalue weighted by atomic mass is 10.1. The highest BCUT2D eigenvalue weighted by atomic mass is 16.5. The summed E-state index contributed by atoms with van der Waals surface area (Å²) in [6.07, 6.45) is 20.3. The number of unbranched alkanes of at least 4 members (excludes halogenated alkanes) is 11. The molecule has 0 aliphatic rings. The van der Waals surface area contributed by atoms with E-state index in [1.165, 1.54) is 70.6 Å². The van der Waals surface area contributed by atoms with Crippen LogP contribution in [0, 0.1) is 0 Å². The molecule has 0 amide bonds. The third-order valence-corrected chi connectivity index (χ3v) is 5.56. The van der Waals surface area contributed by atoms with Crippen LogP contribution in [0.2, 0.25) is 0 Å². The maximum absolute atomic E-state index is 5.88. The van der Waals surface area contributed by atoms with Gasteiger partial charge in [0.05, 0.1) is 13.2 Å². The average molecular weight is 427 g/mol. The summed E-state index contributed by atoms with van der Waals surface area (Å²) >= 11 is 0. The summed E-state index contributed by atoms with van der Waals surface area (Å²) in [5.74, 6) is 0.926. The molecule has 1 heterocycles. The Kier molecular flexibility index (Phi) is 13.5. The van der Waals surface area contributed by atoms with Gasteiger partial charge in [-0.05, 0) is 30.5 Å². The number of hydrogen-bond donors (Lipinski definition) is 0. The summed E-state index contributed by atoms with van der Waals surface area (Å²) in [6.45, 7) is 5.98. The van der Waals surface area contributed by atoms with E-state index >= 15 is 0 Å². The largest absolute Gasteiger partial charge is 0.494 e. The normalized spacial score (nSPS) is 10.9. The van der Waals surface area contributed by atoms with Gasteiger partial charge in [0, 0.05) is 18.0 Å². The minimum absolute atomic E-state index is 0.465. The van der Waals surface area contributed by atoms with Crippen LogP contribution >= 0.6 is 0 Å². The SMILES string of the molecule is CCCCCCCCCOc1ccc(-c2cnc(OCCCCCCCC)nc2)cc1. The summed E-state index contributed by atoms with van der Waals surface area (Å²) < 4.78 is 11.5. The molecule has 0 unspecified atom stereocenters. The second-order valence-electron chi connectivity index (χ2n) is 8.36. The Labute approximate surface area is 189 Å². The van der Waals surface area contributed by atoms with Crippen LogP contribution in [0.15, 0.2) is 36.7 Å². The number of rotatable bonds is 18. The molecule has 4 heteroatoms. The smallest absolute Gasteiger partial charge is 0.316 e. The minimum atomic E-state index is 0.465. The Morgan fingerprint density at radius 3 is 1.58 bits per heavy atom. The summed E-state index contributed by atoms with van der Waals surface area (Å²) in [5.41, 5.74) is 2.08. The maximum atomic E-state index is 5.88. The third-order valence-electron chi connectivity index (χ3n) is 5.56. The third kappa shape index (κ3) is 11.2. The van der Waals surface area contributed by atoms with Gasteiger partial charge in [0.2, 0.25) is 0 Å². The van der Waals surface area contributed by atoms with E-state index < -0.39 is 0 Å². The van der Waals surface area contributed by atoms with Gasteiger partial charge in [0.1, 0.15) is 5.75 Å². The van der Waals surface area contributed by atoms with Gasteiger partial charge in [0.15, 0.2) is 0 Å². The van der Waals surface area contributed by atoms with Crippen LogP contribution in [0.25, 0.3) is 11.1 Å². The first kappa shape index (κ1) is 25.2. The summed E-state index contributed by atoms with van der Waals surface area (Å²) in [5, 5.41) is 0. The predicted octanol–water partition coefficient (Wildman–Crippen LogP) is 8.01. The number of benzene rings is 1. The Hall–Kier alpha value is -2.10. The van der Waals surface area contributed by atoms with Gasteiger partial charge in [-0.2, -0.15) is 0 Å². The molecule has 0 radical (unpaired) electrons. The molecular formula is C27H42N2O2. The van der Waals surface area contributed by atoms with Crippen molar-refractivity contribution in [3.8, 4) is 22.9 Å². The monoisotopic (exact) mass is 426 g/mol. The van der Waals surface area contributed by atoms with E-state index in [0.717, 1.165) is 36.3 Å². The van der Waals surface area contributed by atoms with Crippen LogP contribution in [0.3, 0.4) is 0 Å². The molecule has 0 atom stereocenters. The standard InChI is InChI=1S/C27H42N2O2/c1-3-5-7-9-11-13-14-20-30-26-18-16-24(17-19-26)25-22-28-27(29-23-25)31-21-15-12-10-8-6-4-2/h16-19,22-23H,3-15,20-21H2,1-2H3. The fourth-order valence-corrected chi connectivity index (χ4v) is 3.58. The number of nitrogens with zero attached hydrogens (tertiary/aromatic N) is 2. The van der Waals surface area contributed by atoms with Crippen molar-refractivity contribution in [2.24, 2.45) is 0 Å². The Morgan fingerprint density at radius 1 is 0.548 bits per heavy atom. The van der Waals surface area contributed by atoms with Crippen molar-refractivity contribution in [2.45, 2.75) is 97.3 Å². The lowest BCUT2D eigenvalue weighted by Crippen LogP contribution is -2.01. The first-order chi connectivity index (χ1) is 15.3. The van der Waals surface area contributed by atoms with Crippen LogP contribution in [0.1, 0.15) is 97.3 Å². The zero-order valence-corrected chi connectivity index (χ0v) is 19.8. The summed E-state index contributed by atoms with van der Waals surface area (Å²) in [4.78, 5) is 8.71. The van der Waals surface area contributed by atoms with Crippen LogP contribution < -0.4 is 9.47 Å². The van der Waals surface area contributed by atoms with Crippen molar-refractivity contribution in [3.05, 3.63) is 36.7 Å². The Balaban J connectivity index is 1.63. The number of hydrogen-bond acceptors (Lipinski definition) is 4. The second kappa shape index (κ2) is 16.6. The van der Waals surface area contributed by atoms with Gasteiger partial charge in [-0.3, -0.25) is 0 Å². The highest BCUT2D eigenvalue weighted by Crippen LogP contribution is 2.22. The Bertz CT molecular complexity index is 671. The quantitative estimate of drug-likeness (QED) is 0.226. The van der Waals surface area contributed by atoms with Crippen molar-refractivity contribution in [1.82, 2.24) is 9.97 Å². The molecule has 0 saturated carbocycles. The van der Waals surface area contributed by atoms with Crippen molar-refractivity contribution in [1.29, 1.82) is 0 Å². The van der Waals surface area contributed by atoms with E-state index in [1.807, 2.05) is 24.5 Å². The van der Waals surface area contributed by atoms with Gasteiger partial charge in [-0.15, -0.1) is 0 Å². The highest BCUT2D eigenvalue weighted by Gasteiger charge is 2.03. The second-order valence-corrected chi connectivity index (χ2v) is 8.36. The Morgan fingerprint density at radius 2 is 1.03 bits per heavy atom. The molecule has 2 aromatic rings. The minimum Gasteiger partial charge on any atom is -0.494 e. The lowest BCUT2D eigenvalue weighted by Gasteiger charge is -2.08. The molecule has 0 fully saturated rings. The molecule has 4 nitrogen and oxygen atoms in total. The molecule has 0 spiro atoms. The van der Waals surface area contributed by atoms with Crippen LogP contribution in [-0.4, -0.2) is 23.2 Å². The van der Waals surface area contributed by atoms with Crippen LogP contribution in [0.4, 0.5) is 0 Å². The number of ether oxygens (including phenoxy) is 2. The molecule has 0 aliphatic carbocycles. The molecule has 2 rings (SSSR count). The highest BCUT2D eigenvalue weighted by molar-refractivity contribution is 5.62. The van der Waals surface area contributed by atoms with E-state index in [9.17, 15) is 0 Å². The first-order valence-corrected chi connectivity index (χ1v) is 12.5. The fraction of sp³-hybridized carbons (Fsp3) is 0.630. The first-order valence-electron chi connectivity index (χ1n) is 12.5. The van der Waals surface area contributed by atoms with E-state index in [4.69, 9.17) is 9.47 Å². The predicted molar refractivity (Wildman–Crippen MR) is 130 cm³/mol. The molecule has 0 bridgehead atoms. The molecule has 0 aliphatic heterocycles. The van der Waals surface area contributed by atoms with Crippen molar-refractivity contribution in [2.75, 3.05) is 13.2 Å². The number of aromatic nitrogens is 2. The van der Waals surface area contributed by atoms with Gasteiger partial charge >= 0.3 is 6.01 Å². The van der Waals surface area contributed by atoms with Gasteiger partial charge < -0.3 is 9.47 Å². The van der Waals surface area contributed by atoms with E-state index in [0.29, 0.717) is 12.6 Å². The molecule has 1 aromatic heterocycles.